The quantitative estimate of drug-likeness (QED) is 0.735. The van der Waals surface area contributed by atoms with Gasteiger partial charge in [0.1, 0.15) is 0 Å². The van der Waals surface area contributed by atoms with Crippen molar-refractivity contribution in [2.45, 2.75) is 58.5 Å². The smallest absolute Gasteiger partial charge is 0.0771 e. The van der Waals surface area contributed by atoms with Crippen molar-refractivity contribution in [2.24, 2.45) is 11.8 Å². The molecular weight excluding hydrogens is 186 g/mol. The number of hydrogen-bond acceptors (Lipinski definition) is 2. The highest BCUT2D eigenvalue weighted by atomic mass is 16.3. The average Bonchev–Trinajstić information content (AvgIpc) is 2.18. The van der Waals surface area contributed by atoms with Crippen LogP contribution >= 0.6 is 0 Å². The van der Waals surface area contributed by atoms with Gasteiger partial charge in [0.2, 0.25) is 0 Å². The van der Waals surface area contributed by atoms with Crippen LogP contribution in [0.1, 0.15) is 52.9 Å². The highest BCUT2D eigenvalue weighted by Gasteiger charge is 2.28. The van der Waals surface area contributed by atoms with E-state index in [9.17, 15) is 5.11 Å². The normalized spacial score (nSPS) is 23.0. The van der Waals surface area contributed by atoms with Gasteiger partial charge in [0.25, 0.3) is 0 Å². The Morgan fingerprint density at radius 3 is 2.27 bits per heavy atom. The lowest BCUT2D eigenvalue weighted by Crippen LogP contribution is -2.43. The zero-order valence-electron chi connectivity index (χ0n) is 10.6. The summed E-state index contributed by atoms with van der Waals surface area (Å²) in [5, 5.41) is 13.7. The summed E-state index contributed by atoms with van der Waals surface area (Å²) < 4.78 is 0. The van der Waals surface area contributed by atoms with Crippen LogP contribution in [-0.2, 0) is 0 Å². The Morgan fingerprint density at radius 1 is 1.13 bits per heavy atom. The van der Waals surface area contributed by atoms with Crippen LogP contribution in [0.5, 0.6) is 0 Å². The van der Waals surface area contributed by atoms with Crippen molar-refractivity contribution in [1.82, 2.24) is 5.32 Å². The second kappa shape index (κ2) is 5.86. The molecular formula is C13H27NO. The average molecular weight is 213 g/mol. The lowest BCUT2D eigenvalue weighted by Gasteiger charge is -2.32. The highest BCUT2D eigenvalue weighted by molar-refractivity contribution is 4.84. The molecule has 2 nitrogen and oxygen atoms in total. The fourth-order valence-electron chi connectivity index (χ4n) is 2.15. The van der Waals surface area contributed by atoms with Crippen molar-refractivity contribution in [3.63, 3.8) is 0 Å². The first-order valence-electron chi connectivity index (χ1n) is 6.47. The summed E-state index contributed by atoms with van der Waals surface area (Å²) in [5.74, 6) is 1.41. The third-order valence-electron chi connectivity index (χ3n) is 3.84. The molecule has 1 unspecified atom stereocenters. The first kappa shape index (κ1) is 13.0. The predicted molar refractivity (Wildman–Crippen MR) is 64.9 cm³/mol. The molecule has 1 aliphatic carbocycles. The molecule has 0 radical (unpaired) electrons. The highest BCUT2D eigenvalue weighted by Crippen LogP contribution is 2.27. The second-order valence-electron chi connectivity index (χ2n) is 5.64. The van der Waals surface area contributed by atoms with Gasteiger partial charge in [-0.1, -0.05) is 40.0 Å². The molecule has 90 valence electrons. The predicted octanol–water partition coefficient (Wildman–Crippen LogP) is 2.56. The Hall–Kier alpha value is -0.0800. The Labute approximate surface area is 94.5 Å². The molecule has 2 N–H and O–H groups in total. The summed E-state index contributed by atoms with van der Waals surface area (Å²) in [6.45, 7) is 8.58. The van der Waals surface area contributed by atoms with Gasteiger partial charge in [-0.3, -0.25) is 0 Å². The molecule has 0 aromatic rings. The Bertz CT molecular complexity index is 173. The fraction of sp³-hybridized carbons (Fsp3) is 1.00. The third-order valence-corrected chi connectivity index (χ3v) is 3.84. The molecule has 1 rings (SSSR count). The summed E-state index contributed by atoms with van der Waals surface area (Å²) in [6.07, 6.45) is 5.65. The molecule has 0 aliphatic heterocycles. The monoisotopic (exact) mass is 213 g/mol. The van der Waals surface area contributed by atoms with Crippen LogP contribution in [0.4, 0.5) is 0 Å². The van der Waals surface area contributed by atoms with Crippen LogP contribution in [0.3, 0.4) is 0 Å². The van der Waals surface area contributed by atoms with Gasteiger partial charge in [-0.25, -0.2) is 0 Å². The first-order chi connectivity index (χ1) is 7.03. The molecule has 0 heterocycles. The van der Waals surface area contributed by atoms with E-state index in [1.165, 1.54) is 19.3 Å². The number of hydrogen-bond donors (Lipinski definition) is 2. The number of aliphatic hydroxyl groups is 1. The van der Waals surface area contributed by atoms with Crippen molar-refractivity contribution in [2.75, 3.05) is 13.1 Å². The van der Waals surface area contributed by atoms with Crippen molar-refractivity contribution in [1.29, 1.82) is 0 Å². The van der Waals surface area contributed by atoms with E-state index in [0.717, 1.165) is 31.8 Å². The van der Waals surface area contributed by atoms with Crippen LogP contribution in [0.2, 0.25) is 0 Å². The standard InChI is InChI=1S/C13H27NO/c1-11(2)12(3)9-14-10-13(15)7-5-4-6-8-13/h11-12,14-15H,4-10H2,1-3H3. The van der Waals surface area contributed by atoms with Crippen molar-refractivity contribution in [3.05, 3.63) is 0 Å². The molecule has 1 aliphatic rings. The van der Waals surface area contributed by atoms with Crippen molar-refractivity contribution < 1.29 is 5.11 Å². The zero-order chi connectivity index (χ0) is 11.3. The summed E-state index contributed by atoms with van der Waals surface area (Å²) in [5.41, 5.74) is -0.408. The van der Waals surface area contributed by atoms with Crippen LogP contribution in [0.25, 0.3) is 0 Å². The Morgan fingerprint density at radius 2 is 1.73 bits per heavy atom. The molecule has 0 bridgehead atoms. The van der Waals surface area contributed by atoms with E-state index >= 15 is 0 Å². The maximum absolute atomic E-state index is 10.3. The second-order valence-corrected chi connectivity index (χ2v) is 5.64. The van der Waals surface area contributed by atoms with Crippen LogP contribution in [0, 0.1) is 11.8 Å². The van der Waals surface area contributed by atoms with E-state index < -0.39 is 5.60 Å². The number of nitrogens with one attached hydrogen (secondary N) is 1. The van der Waals surface area contributed by atoms with Gasteiger partial charge in [-0.05, 0) is 31.2 Å². The SMILES string of the molecule is CC(C)C(C)CNCC1(O)CCCCC1. The minimum atomic E-state index is -0.408. The zero-order valence-corrected chi connectivity index (χ0v) is 10.6. The van der Waals surface area contributed by atoms with Gasteiger partial charge in [0.05, 0.1) is 5.60 Å². The summed E-state index contributed by atoms with van der Waals surface area (Å²) in [6, 6.07) is 0. The maximum atomic E-state index is 10.3. The van der Waals surface area contributed by atoms with Gasteiger partial charge < -0.3 is 10.4 Å². The van der Waals surface area contributed by atoms with Crippen LogP contribution in [-0.4, -0.2) is 23.8 Å². The third kappa shape index (κ3) is 4.52. The van der Waals surface area contributed by atoms with E-state index in [0.29, 0.717) is 5.92 Å². The van der Waals surface area contributed by atoms with Crippen molar-refractivity contribution >= 4 is 0 Å². The van der Waals surface area contributed by atoms with E-state index in [-0.39, 0.29) is 0 Å². The summed E-state index contributed by atoms with van der Waals surface area (Å²) in [7, 11) is 0. The minimum absolute atomic E-state index is 0.408. The van der Waals surface area contributed by atoms with E-state index in [1.807, 2.05) is 0 Å². The van der Waals surface area contributed by atoms with Gasteiger partial charge >= 0.3 is 0 Å². The van der Waals surface area contributed by atoms with E-state index in [1.54, 1.807) is 0 Å². The molecule has 1 fully saturated rings. The Kier molecular flexibility index (Phi) is 5.07. The van der Waals surface area contributed by atoms with Crippen LogP contribution < -0.4 is 5.32 Å². The molecule has 0 aromatic carbocycles. The largest absolute Gasteiger partial charge is 0.389 e. The number of rotatable bonds is 5. The van der Waals surface area contributed by atoms with Crippen LogP contribution in [0.15, 0.2) is 0 Å². The molecule has 0 amide bonds. The lowest BCUT2D eigenvalue weighted by molar-refractivity contribution is 0.00412. The summed E-state index contributed by atoms with van der Waals surface area (Å²) in [4.78, 5) is 0. The van der Waals surface area contributed by atoms with E-state index in [4.69, 9.17) is 0 Å². The molecule has 1 saturated carbocycles. The van der Waals surface area contributed by atoms with Gasteiger partial charge in [0, 0.05) is 6.54 Å². The topological polar surface area (TPSA) is 32.3 Å². The Balaban J connectivity index is 2.18. The first-order valence-corrected chi connectivity index (χ1v) is 6.47. The molecule has 0 spiro atoms. The van der Waals surface area contributed by atoms with Crippen molar-refractivity contribution in [3.8, 4) is 0 Å². The van der Waals surface area contributed by atoms with Gasteiger partial charge in [0.15, 0.2) is 0 Å². The van der Waals surface area contributed by atoms with Gasteiger partial charge in [-0.2, -0.15) is 0 Å². The maximum Gasteiger partial charge on any atom is 0.0771 e. The molecule has 2 heteroatoms. The fourth-order valence-corrected chi connectivity index (χ4v) is 2.15. The molecule has 15 heavy (non-hydrogen) atoms. The summed E-state index contributed by atoms with van der Waals surface area (Å²) >= 11 is 0. The molecule has 0 saturated heterocycles. The van der Waals surface area contributed by atoms with E-state index in [2.05, 4.69) is 26.1 Å². The molecule has 1 atom stereocenters. The minimum Gasteiger partial charge on any atom is -0.389 e. The van der Waals surface area contributed by atoms with Gasteiger partial charge in [-0.15, -0.1) is 0 Å². The molecule has 0 aromatic heterocycles. The lowest BCUT2D eigenvalue weighted by atomic mass is 9.84.